The van der Waals surface area contributed by atoms with Gasteiger partial charge in [0.05, 0.1) is 18.8 Å². The maximum Gasteiger partial charge on any atom is 0.128 e. The lowest BCUT2D eigenvalue weighted by Crippen LogP contribution is -2.51. The van der Waals surface area contributed by atoms with Crippen LogP contribution in [0.15, 0.2) is 22.8 Å². The van der Waals surface area contributed by atoms with Gasteiger partial charge in [0.25, 0.3) is 0 Å². The van der Waals surface area contributed by atoms with E-state index in [9.17, 15) is 0 Å². The summed E-state index contributed by atoms with van der Waals surface area (Å²) in [6.07, 6.45) is 1.93. The van der Waals surface area contributed by atoms with E-state index < -0.39 is 0 Å². The van der Waals surface area contributed by atoms with Crippen molar-refractivity contribution in [3.05, 3.63) is 22.8 Å². The molecule has 4 nitrogen and oxygen atoms in total. The predicted molar refractivity (Wildman–Crippen MR) is 67.5 cm³/mol. The summed E-state index contributed by atoms with van der Waals surface area (Å²) in [5, 5.41) is 0. The zero-order valence-electron chi connectivity index (χ0n) is 9.27. The maximum absolute atomic E-state index is 5.63. The highest BCUT2D eigenvalue weighted by molar-refractivity contribution is 9.10. The normalized spacial score (nSPS) is 25.8. The summed E-state index contributed by atoms with van der Waals surface area (Å²) >= 11 is 3.38. The van der Waals surface area contributed by atoms with E-state index in [1.807, 2.05) is 18.3 Å². The quantitative estimate of drug-likeness (QED) is 0.893. The van der Waals surface area contributed by atoms with E-state index in [-0.39, 0.29) is 6.10 Å². The molecule has 1 saturated heterocycles. The van der Waals surface area contributed by atoms with Gasteiger partial charge >= 0.3 is 0 Å². The van der Waals surface area contributed by atoms with Crippen molar-refractivity contribution in [2.24, 2.45) is 5.73 Å². The van der Waals surface area contributed by atoms with Gasteiger partial charge in [-0.15, -0.1) is 0 Å². The second kappa shape index (κ2) is 5.12. The topological polar surface area (TPSA) is 51.4 Å². The molecule has 0 radical (unpaired) electrons. The molecule has 2 heterocycles. The van der Waals surface area contributed by atoms with Crippen LogP contribution in [0.4, 0.5) is 5.82 Å². The van der Waals surface area contributed by atoms with E-state index in [1.54, 1.807) is 0 Å². The fourth-order valence-electron chi connectivity index (χ4n) is 1.82. The number of nitrogens with zero attached hydrogens (tertiary/aromatic N) is 2. The van der Waals surface area contributed by atoms with Crippen LogP contribution in [0.2, 0.25) is 0 Å². The maximum atomic E-state index is 5.63. The molecular formula is C11H16BrN3O. The van der Waals surface area contributed by atoms with Gasteiger partial charge in [0, 0.05) is 23.8 Å². The third kappa shape index (κ3) is 2.53. The summed E-state index contributed by atoms with van der Waals surface area (Å²) in [6, 6.07) is 4.36. The minimum atomic E-state index is 0.113. The van der Waals surface area contributed by atoms with Crippen LogP contribution in [-0.2, 0) is 4.74 Å². The van der Waals surface area contributed by atoms with Crippen molar-refractivity contribution in [1.82, 2.24) is 4.98 Å². The summed E-state index contributed by atoms with van der Waals surface area (Å²) < 4.78 is 6.60. The number of morpholine rings is 1. The van der Waals surface area contributed by atoms with Crippen molar-refractivity contribution in [2.45, 2.75) is 19.1 Å². The average Bonchev–Trinajstić information content (AvgIpc) is 2.31. The molecule has 5 heteroatoms. The Morgan fingerprint density at radius 2 is 2.44 bits per heavy atom. The second-order valence-corrected chi connectivity index (χ2v) is 4.94. The Hall–Kier alpha value is -0.650. The van der Waals surface area contributed by atoms with E-state index in [2.05, 4.69) is 32.7 Å². The number of ether oxygens (including phenoxy) is 1. The molecule has 1 aliphatic rings. The molecule has 0 saturated carbocycles. The van der Waals surface area contributed by atoms with Crippen molar-refractivity contribution in [1.29, 1.82) is 0 Å². The molecule has 16 heavy (non-hydrogen) atoms. The van der Waals surface area contributed by atoms with Crippen LogP contribution in [-0.4, -0.2) is 36.8 Å². The van der Waals surface area contributed by atoms with Crippen molar-refractivity contribution in [2.75, 3.05) is 24.6 Å². The van der Waals surface area contributed by atoms with Crippen LogP contribution in [0.1, 0.15) is 6.92 Å². The Kier molecular flexibility index (Phi) is 3.78. The molecule has 2 rings (SSSR count). The highest BCUT2D eigenvalue weighted by Crippen LogP contribution is 2.20. The van der Waals surface area contributed by atoms with E-state index in [4.69, 9.17) is 10.5 Å². The molecule has 0 amide bonds. The van der Waals surface area contributed by atoms with Gasteiger partial charge in [0.1, 0.15) is 5.82 Å². The number of aromatic nitrogens is 1. The van der Waals surface area contributed by atoms with Gasteiger partial charge in [0.15, 0.2) is 0 Å². The molecule has 0 spiro atoms. The van der Waals surface area contributed by atoms with Crippen LogP contribution in [0.25, 0.3) is 0 Å². The molecule has 1 aliphatic heterocycles. The van der Waals surface area contributed by atoms with Gasteiger partial charge < -0.3 is 15.4 Å². The van der Waals surface area contributed by atoms with Gasteiger partial charge in [-0.1, -0.05) is 0 Å². The summed E-state index contributed by atoms with van der Waals surface area (Å²) in [4.78, 5) is 6.65. The van der Waals surface area contributed by atoms with Gasteiger partial charge in [-0.3, -0.25) is 0 Å². The minimum absolute atomic E-state index is 0.113. The fraction of sp³-hybridized carbons (Fsp3) is 0.545. The van der Waals surface area contributed by atoms with Crippen LogP contribution in [0.5, 0.6) is 0 Å². The molecule has 1 aromatic rings. The third-order valence-electron chi connectivity index (χ3n) is 2.77. The average molecular weight is 286 g/mol. The molecule has 0 bridgehead atoms. The highest BCUT2D eigenvalue weighted by atomic mass is 79.9. The van der Waals surface area contributed by atoms with Crippen molar-refractivity contribution in [3.63, 3.8) is 0 Å². The third-order valence-corrected chi connectivity index (χ3v) is 3.24. The Balaban J connectivity index is 2.14. The molecule has 0 aromatic carbocycles. The largest absolute Gasteiger partial charge is 0.373 e. The van der Waals surface area contributed by atoms with Gasteiger partial charge in [-0.2, -0.15) is 0 Å². The smallest absolute Gasteiger partial charge is 0.128 e. The molecule has 1 fully saturated rings. The predicted octanol–water partition coefficient (Wildman–Crippen LogP) is 1.40. The second-order valence-electron chi connectivity index (χ2n) is 4.03. The molecule has 1 aromatic heterocycles. The van der Waals surface area contributed by atoms with Crippen LogP contribution in [0, 0.1) is 0 Å². The molecule has 0 aliphatic carbocycles. The van der Waals surface area contributed by atoms with Crippen molar-refractivity contribution >= 4 is 21.7 Å². The zero-order valence-corrected chi connectivity index (χ0v) is 10.9. The number of anilines is 1. The van der Waals surface area contributed by atoms with Crippen molar-refractivity contribution in [3.8, 4) is 0 Å². The molecule has 88 valence electrons. The number of pyridine rings is 1. The zero-order chi connectivity index (χ0) is 11.5. The minimum Gasteiger partial charge on any atom is -0.373 e. The highest BCUT2D eigenvalue weighted by Gasteiger charge is 2.25. The van der Waals surface area contributed by atoms with E-state index in [0.717, 1.165) is 16.8 Å². The lowest BCUT2D eigenvalue weighted by molar-refractivity contribution is 0.0280. The van der Waals surface area contributed by atoms with E-state index in [0.29, 0.717) is 19.2 Å². The van der Waals surface area contributed by atoms with E-state index >= 15 is 0 Å². The first kappa shape index (κ1) is 11.8. The van der Waals surface area contributed by atoms with Crippen LogP contribution in [0.3, 0.4) is 0 Å². The number of rotatable bonds is 2. The molecule has 2 unspecified atom stereocenters. The standard InChI is InChI=1S/C11H16BrN3O/c1-8-7-16-10(4-13)6-15(8)11-3-2-9(12)5-14-11/h2-3,5,8,10H,4,6-7,13H2,1H3. The van der Waals surface area contributed by atoms with Crippen LogP contribution >= 0.6 is 15.9 Å². The molecular weight excluding hydrogens is 270 g/mol. The van der Waals surface area contributed by atoms with Gasteiger partial charge in [0.2, 0.25) is 0 Å². The van der Waals surface area contributed by atoms with E-state index in [1.165, 1.54) is 0 Å². The monoisotopic (exact) mass is 285 g/mol. The summed E-state index contributed by atoms with van der Waals surface area (Å²) in [7, 11) is 0. The lowest BCUT2D eigenvalue weighted by Gasteiger charge is -2.38. The Morgan fingerprint density at radius 3 is 3.06 bits per heavy atom. The number of hydrogen-bond acceptors (Lipinski definition) is 4. The Labute approximate surface area is 104 Å². The Morgan fingerprint density at radius 1 is 1.62 bits per heavy atom. The lowest BCUT2D eigenvalue weighted by atomic mass is 10.2. The van der Waals surface area contributed by atoms with Crippen molar-refractivity contribution < 1.29 is 4.74 Å². The first-order valence-corrected chi connectivity index (χ1v) is 6.20. The fourth-order valence-corrected chi connectivity index (χ4v) is 2.05. The first-order chi connectivity index (χ1) is 7.70. The van der Waals surface area contributed by atoms with Crippen LogP contribution < -0.4 is 10.6 Å². The Bertz CT molecular complexity index is 344. The first-order valence-electron chi connectivity index (χ1n) is 5.40. The SMILES string of the molecule is CC1COC(CN)CN1c1ccc(Br)cn1. The summed E-state index contributed by atoms with van der Waals surface area (Å²) in [5.74, 6) is 0.984. The summed E-state index contributed by atoms with van der Waals surface area (Å²) in [6.45, 7) is 4.21. The summed E-state index contributed by atoms with van der Waals surface area (Å²) in [5.41, 5.74) is 5.63. The number of halogens is 1. The molecule has 2 N–H and O–H groups in total. The number of nitrogens with two attached hydrogens (primary N) is 1. The molecule has 2 atom stereocenters. The van der Waals surface area contributed by atoms with Gasteiger partial charge in [-0.25, -0.2) is 4.98 Å². The number of hydrogen-bond donors (Lipinski definition) is 1. The van der Waals surface area contributed by atoms with Gasteiger partial charge in [-0.05, 0) is 35.0 Å².